The summed E-state index contributed by atoms with van der Waals surface area (Å²) in [7, 11) is 0. The van der Waals surface area contributed by atoms with Crippen LogP contribution in [-0.4, -0.2) is 16.4 Å². The van der Waals surface area contributed by atoms with E-state index in [1.807, 2.05) is 35.1 Å². The van der Waals surface area contributed by atoms with Crippen LogP contribution in [0.25, 0.3) is 5.69 Å². The maximum absolute atomic E-state index is 9.11. The first-order valence-electron chi connectivity index (χ1n) is 5.53. The molecule has 1 aliphatic rings. The summed E-state index contributed by atoms with van der Waals surface area (Å²) < 4.78 is 7.24. The molecule has 0 unspecified atom stereocenters. The third-order valence-electron chi connectivity index (χ3n) is 2.95. The summed E-state index contributed by atoms with van der Waals surface area (Å²) in [5.74, 6) is 0. The van der Waals surface area contributed by atoms with Crippen molar-refractivity contribution in [1.82, 2.24) is 9.78 Å². The topological polar surface area (TPSA) is 50.8 Å². The van der Waals surface area contributed by atoms with Crippen LogP contribution in [0, 0.1) is 11.3 Å². The van der Waals surface area contributed by atoms with Crippen molar-refractivity contribution in [3.63, 3.8) is 0 Å². The van der Waals surface area contributed by atoms with Crippen LogP contribution >= 0.6 is 0 Å². The summed E-state index contributed by atoms with van der Waals surface area (Å²) in [5, 5.41) is 13.5. The molecular weight excluding hydrogens is 214 g/mol. The lowest BCUT2D eigenvalue weighted by Gasteiger charge is -2.15. The van der Waals surface area contributed by atoms with Gasteiger partial charge >= 0.3 is 0 Å². The number of hydrogen-bond donors (Lipinski definition) is 0. The Morgan fingerprint density at radius 2 is 2.24 bits per heavy atom. The van der Waals surface area contributed by atoms with Crippen LogP contribution in [-0.2, 0) is 17.8 Å². The summed E-state index contributed by atoms with van der Waals surface area (Å²) in [6.45, 7) is 1.33. The van der Waals surface area contributed by atoms with Gasteiger partial charge in [0.05, 0.1) is 36.4 Å². The van der Waals surface area contributed by atoms with Gasteiger partial charge in [-0.2, -0.15) is 10.4 Å². The molecule has 2 aromatic rings. The summed E-state index contributed by atoms with van der Waals surface area (Å²) >= 11 is 0. The summed E-state index contributed by atoms with van der Waals surface area (Å²) in [4.78, 5) is 0. The zero-order chi connectivity index (χ0) is 11.7. The number of aromatic nitrogens is 2. The minimum atomic E-state index is 0.615. The third kappa shape index (κ3) is 1.61. The first-order valence-corrected chi connectivity index (χ1v) is 5.53. The van der Waals surface area contributed by atoms with Gasteiger partial charge in [0, 0.05) is 12.0 Å². The van der Waals surface area contributed by atoms with Gasteiger partial charge in [0.15, 0.2) is 0 Å². The zero-order valence-corrected chi connectivity index (χ0v) is 9.26. The lowest BCUT2D eigenvalue weighted by molar-refractivity contribution is 0.109. The number of rotatable bonds is 1. The van der Waals surface area contributed by atoms with Gasteiger partial charge in [-0.05, 0) is 12.1 Å². The molecule has 0 aliphatic carbocycles. The molecule has 0 N–H and O–H groups in total. The summed E-state index contributed by atoms with van der Waals surface area (Å²) in [6, 6.07) is 9.71. The fourth-order valence-electron chi connectivity index (χ4n) is 2.11. The molecule has 1 aromatic heterocycles. The van der Waals surface area contributed by atoms with Gasteiger partial charge in [0.25, 0.3) is 0 Å². The Kier molecular flexibility index (Phi) is 2.39. The van der Waals surface area contributed by atoms with E-state index in [1.165, 1.54) is 0 Å². The number of para-hydroxylation sites is 1. The number of benzene rings is 1. The number of nitrogens with zero attached hydrogens (tertiary/aromatic N) is 3. The molecule has 2 heterocycles. The Labute approximate surface area is 99.1 Å². The molecule has 4 nitrogen and oxygen atoms in total. The maximum Gasteiger partial charge on any atom is 0.101 e. The van der Waals surface area contributed by atoms with Crippen molar-refractivity contribution in [2.75, 3.05) is 6.61 Å². The van der Waals surface area contributed by atoms with Crippen molar-refractivity contribution in [3.8, 4) is 11.8 Å². The van der Waals surface area contributed by atoms with Gasteiger partial charge in [-0.25, -0.2) is 4.68 Å². The van der Waals surface area contributed by atoms with E-state index in [1.54, 1.807) is 0 Å². The SMILES string of the molecule is N#Cc1ccccc1-n1ncc2c1CCOC2. The largest absolute Gasteiger partial charge is 0.376 e. The van der Waals surface area contributed by atoms with E-state index < -0.39 is 0 Å². The Bertz CT molecular complexity index is 595. The number of fused-ring (bicyclic) bond motifs is 1. The molecule has 1 aliphatic heterocycles. The number of ether oxygens (including phenoxy) is 1. The van der Waals surface area contributed by atoms with Crippen LogP contribution in [0.3, 0.4) is 0 Å². The minimum Gasteiger partial charge on any atom is -0.376 e. The fourth-order valence-corrected chi connectivity index (χ4v) is 2.11. The Morgan fingerprint density at radius 1 is 1.35 bits per heavy atom. The van der Waals surface area contributed by atoms with E-state index in [4.69, 9.17) is 10.00 Å². The average molecular weight is 225 g/mol. The second kappa shape index (κ2) is 4.04. The number of nitriles is 1. The standard InChI is InChI=1S/C13H11N3O/c14-7-10-3-1-2-4-12(10)16-13-5-6-17-9-11(13)8-15-16/h1-4,8H,5-6,9H2. The van der Waals surface area contributed by atoms with E-state index in [9.17, 15) is 0 Å². The molecule has 0 fully saturated rings. The normalized spacial score (nSPS) is 14.1. The molecule has 0 radical (unpaired) electrons. The molecule has 1 aromatic carbocycles. The second-order valence-corrected chi connectivity index (χ2v) is 3.96. The van der Waals surface area contributed by atoms with E-state index in [0.717, 1.165) is 23.4 Å². The maximum atomic E-state index is 9.11. The smallest absolute Gasteiger partial charge is 0.101 e. The zero-order valence-electron chi connectivity index (χ0n) is 9.26. The monoisotopic (exact) mass is 225 g/mol. The number of hydrogen-bond acceptors (Lipinski definition) is 3. The Hall–Kier alpha value is -2.12. The van der Waals surface area contributed by atoms with E-state index in [-0.39, 0.29) is 0 Å². The molecule has 0 amide bonds. The summed E-state index contributed by atoms with van der Waals surface area (Å²) in [5.41, 5.74) is 3.76. The Balaban J connectivity index is 2.16. The van der Waals surface area contributed by atoms with E-state index in [0.29, 0.717) is 18.8 Å². The van der Waals surface area contributed by atoms with Crippen molar-refractivity contribution in [3.05, 3.63) is 47.3 Å². The fraction of sp³-hybridized carbons (Fsp3) is 0.231. The predicted octanol–water partition coefficient (Wildman–Crippen LogP) is 1.82. The molecule has 0 bridgehead atoms. The van der Waals surface area contributed by atoms with Gasteiger partial charge in [0.1, 0.15) is 6.07 Å². The van der Waals surface area contributed by atoms with Gasteiger partial charge in [-0.3, -0.25) is 0 Å². The predicted molar refractivity (Wildman–Crippen MR) is 61.6 cm³/mol. The highest BCUT2D eigenvalue weighted by Gasteiger charge is 2.17. The van der Waals surface area contributed by atoms with Crippen LogP contribution in [0.15, 0.2) is 30.5 Å². The molecule has 0 atom stereocenters. The van der Waals surface area contributed by atoms with E-state index in [2.05, 4.69) is 11.2 Å². The molecule has 17 heavy (non-hydrogen) atoms. The molecule has 0 spiro atoms. The highest BCUT2D eigenvalue weighted by atomic mass is 16.5. The Morgan fingerprint density at radius 3 is 3.12 bits per heavy atom. The van der Waals surface area contributed by atoms with Gasteiger partial charge in [0.2, 0.25) is 0 Å². The van der Waals surface area contributed by atoms with Crippen molar-refractivity contribution in [2.45, 2.75) is 13.0 Å². The van der Waals surface area contributed by atoms with Gasteiger partial charge < -0.3 is 4.74 Å². The molecule has 0 saturated heterocycles. The molecule has 0 saturated carbocycles. The first kappa shape index (κ1) is 10.1. The third-order valence-corrected chi connectivity index (χ3v) is 2.95. The van der Waals surface area contributed by atoms with Crippen molar-refractivity contribution in [2.24, 2.45) is 0 Å². The van der Waals surface area contributed by atoms with Crippen LogP contribution in [0.4, 0.5) is 0 Å². The van der Waals surface area contributed by atoms with Gasteiger partial charge in [-0.15, -0.1) is 0 Å². The minimum absolute atomic E-state index is 0.615. The summed E-state index contributed by atoms with van der Waals surface area (Å²) in [6.07, 6.45) is 2.66. The lowest BCUT2D eigenvalue weighted by Crippen LogP contribution is -2.13. The van der Waals surface area contributed by atoms with Gasteiger partial charge in [-0.1, -0.05) is 12.1 Å². The van der Waals surface area contributed by atoms with Crippen LogP contribution in [0.1, 0.15) is 16.8 Å². The molecular formula is C13H11N3O. The quantitative estimate of drug-likeness (QED) is 0.743. The molecule has 4 heteroatoms. The molecule has 3 rings (SSSR count). The van der Waals surface area contributed by atoms with Crippen LogP contribution < -0.4 is 0 Å². The van der Waals surface area contributed by atoms with Crippen LogP contribution in [0.5, 0.6) is 0 Å². The van der Waals surface area contributed by atoms with Crippen molar-refractivity contribution >= 4 is 0 Å². The highest BCUT2D eigenvalue weighted by Crippen LogP contribution is 2.21. The average Bonchev–Trinajstić information content (AvgIpc) is 2.82. The highest BCUT2D eigenvalue weighted by molar-refractivity contribution is 5.49. The second-order valence-electron chi connectivity index (χ2n) is 3.96. The van der Waals surface area contributed by atoms with Crippen molar-refractivity contribution in [1.29, 1.82) is 5.26 Å². The van der Waals surface area contributed by atoms with E-state index >= 15 is 0 Å². The lowest BCUT2D eigenvalue weighted by atomic mass is 10.1. The first-order chi connectivity index (χ1) is 8.40. The van der Waals surface area contributed by atoms with Crippen molar-refractivity contribution < 1.29 is 4.74 Å². The van der Waals surface area contributed by atoms with Crippen LogP contribution in [0.2, 0.25) is 0 Å². The molecule has 84 valence electrons.